The molecule has 3 nitrogen and oxygen atoms in total. The van der Waals surface area contributed by atoms with Crippen LogP contribution in [-0.2, 0) is 0 Å². The van der Waals surface area contributed by atoms with Gasteiger partial charge in [0, 0.05) is 37.6 Å². The van der Waals surface area contributed by atoms with E-state index in [4.69, 9.17) is 0 Å². The third-order valence-electron chi connectivity index (χ3n) is 3.27. The van der Waals surface area contributed by atoms with Gasteiger partial charge in [-0.3, -0.25) is 0 Å². The van der Waals surface area contributed by atoms with E-state index in [0.717, 1.165) is 31.7 Å². The fraction of sp³-hybridized carbons (Fsp3) is 0.615. The normalized spacial score (nSPS) is 17.4. The third-order valence-corrected chi connectivity index (χ3v) is 4.00. The molecule has 0 atom stereocenters. The maximum atomic E-state index is 12.0. The first kappa shape index (κ1) is 15.4. The molecule has 0 aromatic carbocycles. The second-order valence-electron chi connectivity index (χ2n) is 4.70. The van der Waals surface area contributed by atoms with Crippen LogP contribution in [0, 0.1) is 0 Å². The Morgan fingerprint density at radius 2 is 2.05 bits per heavy atom. The van der Waals surface area contributed by atoms with Gasteiger partial charge in [-0.15, -0.1) is 0 Å². The van der Waals surface area contributed by atoms with Gasteiger partial charge in [0.1, 0.15) is 5.82 Å². The summed E-state index contributed by atoms with van der Waals surface area (Å²) in [5.41, 5.74) is -4.12. The minimum absolute atomic E-state index is 0.0366. The number of halogens is 3. The molecule has 1 saturated heterocycles. The van der Waals surface area contributed by atoms with Crippen molar-refractivity contribution in [1.82, 2.24) is 10.3 Å². The SMILES string of the molecule is FC(F)(F)SCCNC1CCN(c2ccccn2)CC1. The van der Waals surface area contributed by atoms with Crippen molar-refractivity contribution in [2.45, 2.75) is 24.4 Å². The monoisotopic (exact) mass is 305 g/mol. The zero-order valence-electron chi connectivity index (χ0n) is 11.1. The first-order valence-corrected chi connectivity index (χ1v) is 7.63. The Morgan fingerprint density at radius 1 is 1.30 bits per heavy atom. The zero-order valence-corrected chi connectivity index (χ0v) is 11.9. The number of anilines is 1. The van der Waals surface area contributed by atoms with Crippen LogP contribution in [0.4, 0.5) is 19.0 Å². The average molecular weight is 305 g/mol. The fourth-order valence-corrected chi connectivity index (χ4v) is 2.73. The van der Waals surface area contributed by atoms with Crippen LogP contribution in [0.15, 0.2) is 24.4 Å². The second kappa shape index (κ2) is 7.17. The lowest BCUT2D eigenvalue weighted by Gasteiger charge is -2.33. The molecule has 0 spiro atoms. The molecule has 0 bridgehead atoms. The molecule has 0 unspecified atom stereocenters. The van der Waals surface area contributed by atoms with Gasteiger partial charge >= 0.3 is 5.51 Å². The number of hydrogen-bond donors (Lipinski definition) is 1. The maximum absolute atomic E-state index is 12.0. The molecule has 1 aromatic rings. The highest BCUT2D eigenvalue weighted by Crippen LogP contribution is 2.29. The molecule has 7 heteroatoms. The van der Waals surface area contributed by atoms with Gasteiger partial charge in [-0.2, -0.15) is 13.2 Å². The van der Waals surface area contributed by atoms with E-state index in [9.17, 15) is 13.2 Å². The minimum Gasteiger partial charge on any atom is -0.357 e. The molecule has 2 heterocycles. The summed E-state index contributed by atoms with van der Waals surface area (Å²) >= 11 is 0.0366. The lowest BCUT2D eigenvalue weighted by molar-refractivity contribution is -0.0327. The Morgan fingerprint density at radius 3 is 2.65 bits per heavy atom. The van der Waals surface area contributed by atoms with E-state index in [-0.39, 0.29) is 17.5 Å². The van der Waals surface area contributed by atoms with Crippen molar-refractivity contribution in [2.24, 2.45) is 0 Å². The van der Waals surface area contributed by atoms with Crippen LogP contribution < -0.4 is 10.2 Å². The van der Waals surface area contributed by atoms with Crippen molar-refractivity contribution in [3.05, 3.63) is 24.4 Å². The van der Waals surface area contributed by atoms with Crippen LogP contribution >= 0.6 is 11.8 Å². The molecule has 1 aliphatic rings. The lowest BCUT2D eigenvalue weighted by Crippen LogP contribution is -2.43. The summed E-state index contributed by atoms with van der Waals surface area (Å²) in [6.45, 7) is 2.18. The van der Waals surface area contributed by atoms with E-state index in [1.165, 1.54) is 0 Å². The van der Waals surface area contributed by atoms with Gasteiger partial charge in [-0.1, -0.05) is 6.07 Å². The Kier molecular flexibility index (Phi) is 5.54. The van der Waals surface area contributed by atoms with Crippen molar-refractivity contribution in [3.63, 3.8) is 0 Å². The third kappa shape index (κ3) is 5.20. The highest BCUT2D eigenvalue weighted by Gasteiger charge is 2.27. The zero-order chi connectivity index (χ0) is 14.4. The predicted octanol–water partition coefficient (Wildman–Crippen LogP) is 2.89. The molecule has 0 radical (unpaired) electrons. The molecule has 112 valence electrons. The van der Waals surface area contributed by atoms with E-state index in [0.29, 0.717) is 12.6 Å². The van der Waals surface area contributed by atoms with Crippen LogP contribution in [-0.4, -0.2) is 41.9 Å². The number of nitrogens with zero attached hydrogens (tertiary/aromatic N) is 2. The molecule has 1 fully saturated rings. The van der Waals surface area contributed by atoms with Crippen molar-refractivity contribution in [1.29, 1.82) is 0 Å². The molecular formula is C13H18F3N3S. The van der Waals surface area contributed by atoms with Crippen LogP contribution in [0.1, 0.15) is 12.8 Å². The summed E-state index contributed by atoms with van der Waals surface area (Å²) in [4.78, 5) is 6.52. The van der Waals surface area contributed by atoms with Crippen LogP contribution in [0.25, 0.3) is 0 Å². The first-order chi connectivity index (χ1) is 9.54. The number of alkyl halides is 3. The summed E-state index contributed by atoms with van der Waals surface area (Å²) in [6, 6.07) is 6.13. The van der Waals surface area contributed by atoms with Gasteiger partial charge in [0.05, 0.1) is 0 Å². The summed E-state index contributed by atoms with van der Waals surface area (Å²) in [7, 11) is 0. The number of thioether (sulfide) groups is 1. The molecule has 1 aliphatic heterocycles. The number of pyridine rings is 1. The van der Waals surface area contributed by atoms with Gasteiger partial charge in [-0.05, 0) is 36.7 Å². The Labute approximate surface area is 120 Å². The summed E-state index contributed by atoms with van der Waals surface area (Å²) in [6.07, 6.45) is 3.65. The Balaban J connectivity index is 1.65. The van der Waals surface area contributed by atoms with Gasteiger partial charge in [0.25, 0.3) is 0 Å². The molecular weight excluding hydrogens is 287 g/mol. The van der Waals surface area contributed by atoms with Crippen LogP contribution in [0.5, 0.6) is 0 Å². The van der Waals surface area contributed by atoms with Crippen molar-refractivity contribution in [2.75, 3.05) is 30.3 Å². The quantitative estimate of drug-likeness (QED) is 0.847. The largest absolute Gasteiger partial charge is 0.441 e. The standard InChI is InChI=1S/C13H18F3N3S/c14-13(15,16)20-10-7-17-11-4-8-19(9-5-11)12-3-1-2-6-18-12/h1-3,6,11,17H,4-5,7-10H2. The fourth-order valence-electron chi connectivity index (χ4n) is 2.28. The number of nitrogens with one attached hydrogen (secondary N) is 1. The number of hydrogen-bond acceptors (Lipinski definition) is 4. The first-order valence-electron chi connectivity index (χ1n) is 6.65. The Hall–Kier alpha value is -0.950. The van der Waals surface area contributed by atoms with E-state index in [2.05, 4.69) is 15.2 Å². The summed E-state index contributed by atoms with van der Waals surface area (Å²) < 4.78 is 35.9. The predicted molar refractivity (Wildman–Crippen MR) is 76.0 cm³/mol. The van der Waals surface area contributed by atoms with Gasteiger partial charge in [-0.25, -0.2) is 4.98 Å². The molecule has 0 aliphatic carbocycles. The van der Waals surface area contributed by atoms with Gasteiger partial charge in [0.15, 0.2) is 0 Å². The second-order valence-corrected chi connectivity index (χ2v) is 5.86. The van der Waals surface area contributed by atoms with Crippen LogP contribution in [0.3, 0.4) is 0 Å². The molecule has 0 amide bonds. The van der Waals surface area contributed by atoms with E-state index in [1.807, 2.05) is 18.2 Å². The van der Waals surface area contributed by atoms with Crippen LogP contribution in [0.2, 0.25) is 0 Å². The van der Waals surface area contributed by atoms with Gasteiger partial charge in [0.2, 0.25) is 0 Å². The van der Waals surface area contributed by atoms with Gasteiger partial charge < -0.3 is 10.2 Å². The van der Waals surface area contributed by atoms with Crippen molar-refractivity contribution >= 4 is 17.6 Å². The average Bonchev–Trinajstić information content (AvgIpc) is 2.44. The number of aromatic nitrogens is 1. The highest BCUT2D eigenvalue weighted by atomic mass is 32.2. The molecule has 1 N–H and O–H groups in total. The highest BCUT2D eigenvalue weighted by molar-refractivity contribution is 8.00. The molecule has 0 saturated carbocycles. The molecule has 1 aromatic heterocycles. The summed E-state index contributed by atoms with van der Waals surface area (Å²) in [5.74, 6) is 1.04. The topological polar surface area (TPSA) is 28.2 Å². The lowest BCUT2D eigenvalue weighted by atomic mass is 10.1. The smallest absolute Gasteiger partial charge is 0.357 e. The maximum Gasteiger partial charge on any atom is 0.441 e. The molecule has 2 rings (SSSR count). The van der Waals surface area contributed by atoms with Crippen molar-refractivity contribution in [3.8, 4) is 0 Å². The summed E-state index contributed by atoms with van der Waals surface area (Å²) in [5, 5.41) is 3.20. The number of rotatable bonds is 5. The number of piperidine rings is 1. The van der Waals surface area contributed by atoms with E-state index < -0.39 is 5.51 Å². The minimum atomic E-state index is -4.12. The van der Waals surface area contributed by atoms with E-state index >= 15 is 0 Å². The van der Waals surface area contributed by atoms with Crippen molar-refractivity contribution < 1.29 is 13.2 Å². The molecule has 20 heavy (non-hydrogen) atoms. The Bertz CT molecular complexity index is 392. The van der Waals surface area contributed by atoms with E-state index in [1.54, 1.807) is 6.20 Å².